The van der Waals surface area contributed by atoms with Crippen LogP contribution < -0.4 is 0 Å². The molecule has 3 heteroatoms. The van der Waals surface area contributed by atoms with Gasteiger partial charge in [-0.1, -0.05) is 51.4 Å². The monoisotopic (exact) mass is 256 g/mol. The summed E-state index contributed by atoms with van der Waals surface area (Å²) in [5.41, 5.74) is 0. The minimum Gasteiger partial charge on any atom is -0.481 e. The highest BCUT2D eigenvalue weighted by atomic mass is 16.4. The van der Waals surface area contributed by atoms with E-state index >= 15 is 0 Å². The van der Waals surface area contributed by atoms with Crippen LogP contribution in [0.4, 0.5) is 0 Å². The average Bonchev–Trinajstić information content (AvgIpc) is 2.29. The molecule has 0 rings (SSSR count). The molecular weight excluding hydrogens is 228 g/mol. The molecule has 18 heavy (non-hydrogen) atoms. The largest absolute Gasteiger partial charge is 0.481 e. The number of carbonyl (C=O) groups excluding carboxylic acids is 1. The van der Waals surface area contributed by atoms with Crippen molar-refractivity contribution in [1.82, 2.24) is 0 Å². The van der Waals surface area contributed by atoms with Crippen LogP contribution in [0.3, 0.4) is 0 Å². The number of ketones is 1. The minimum absolute atomic E-state index is 0.302. The van der Waals surface area contributed by atoms with E-state index in [-0.39, 0.29) is 0 Å². The van der Waals surface area contributed by atoms with Crippen molar-refractivity contribution in [2.75, 3.05) is 0 Å². The summed E-state index contributed by atoms with van der Waals surface area (Å²) in [5.74, 6) is -0.378. The van der Waals surface area contributed by atoms with Crippen LogP contribution in [0.15, 0.2) is 0 Å². The molecule has 0 aliphatic carbocycles. The summed E-state index contributed by atoms with van der Waals surface area (Å²) in [4.78, 5) is 21.0. The van der Waals surface area contributed by atoms with Crippen molar-refractivity contribution in [3.05, 3.63) is 0 Å². The van der Waals surface area contributed by atoms with E-state index in [1.807, 2.05) is 0 Å². The first-order chi connectivity index (χ1) is 8.63. The van der Waals surface area contributed by atoms with E-state index < -0.39 is 5.97 Å². The van der Waals surface area contributed by atoms with Crippen molar-refractivity contribution in [2.24, 2.45) is 0 Å². The van der Waals surface area contributed by atoms with Crippen molar-refractivity contribution in [3.63, 3.8) is 0 Å². The van der Waals surface area contributed by atoms with Crippen LogP contribution in [-0.2, 0) is 9.59 Å². The summed E-state index contributed by atoms with van der Waals surface area (Å²) in [5, 5.41) is 8.47. The average molecular weight is 256 g/mol. The van der Waals surface area contributed by atoms with Gasteiger partial charge in [-0.25, -0.2) is 0 Å². The Kier molecular flexibility index (Phi) is 12.0. The molecule has 0 heterocycles. The van der Waals surface area contributed by atoms with E-state index in [4.69, 9.17) is 5.11 Å². The maximum absolute atomic E-state index is 10.7. The molecule has 0 fully saturated rings. The molecule has 0 unspecified atom stereocenters. The molecule has 0 amide bonds. The number of Topliss-reactive ketones (excluding diaryl/α,β-unsaturated/α-hetero) is 1. The highest BCUT2D eigenvalue weighted by Crippen LogP contribution is 2.11. The van der Waals surface area contributed by atoms with E-state index in [1.165, 1.54) is 38.5 Å². The maximum Gasteiger partial charge on any atom is 0.303 e. The standard InChI is InChI=1S/C15H28O3/c1-14(16)12-10-8-6-4-2-3-5-7-9-11-13-15(17)18/h2-13H2,1H3,(H,17,18). The van der Waals surface area contributed by atoms with Gasteiger partial charge < -0.3 is 9.90 Å². The zero-order valence-electron chi connectivity index (χ0n) is 11.7. The second-order valence-corrected chi connectivity index (χ2v) is 5.13. The number of unbranched alkanes of at least 4 members (excludes halogenated alkanes) is 9. The molecule has 0 aliphatic rings. The van der Waals surface area contributed by atoms with E-state index in [0.717, 1.165) is 32.1 Å². The molecule has 1 N–H and O–H groups in total. The predicted octanol–water partition coefficient (Wildman–Crippen LogP) is 4.34. The zero-order chi connectivity index (χ0) is 13.6. The summed E-state index contributed by atoms with van der Waals surface area (Å²) in [6.45, 7) is 1.66. The third-order valence-electron chi connectivity index (χ3n) is 3.17. The molecule has 0 radical (unpaired) electrons. The van der Waals surface area contributed by atoms with Gasteiger partial charge in [0.05, 0.1) is 0 Å². The molecule has 0 aromatic rings. The van der Waals surface area contributed by atoms with E-state index in [0.29, 0.717) is 12.2 Å². The highest BCUT2D eigenvalue weighted by Gasteiger charge is 1.97. The molecule has 106 valence electrons. The van der Waals surface area contributed by atoms with Crippen molar-refractivity contribution in [1.29, 1.82) is 0 Å². The summed E-state index contributed by atoms with van der Waals surface area (Å²) >= 11 is 0. The number of hydrogen-bond acceptors (Lipinski definition) is 2. The van der Waals surface area contributed by atoms with Crippen LogP contribution in [-0.4, -0.2) is 16.9 Å². The Morgan fingerprint density at radius 2 is 1.00 bits per heavy atom. The lowest BCUT2D eigenvalue weighted by molar-refractivity contribution is -0.137. The van der Waals surface area contributed by atoms with Crippen molar-refractivity contribution >= 4 is 11.8 Å². The Morgan fingerprint density at radius 1 is 0.667 bits per heavy atom. The summed E-state index contributed by atoms with van der Waals surface area (Å²) in [7, 11) is 0. The van der Waals surface area contributed by atoms with Gasteiger partial charge in [-0.15, -0.1) is 0 Å². The van der Waals surface area contributed by atoms with Gasteiger partial charge in [-0.3, -0.25) is 4.79 Å². The Balaban J connectivity index is 2.99. The number of carboxylic acid groups (broad SMARTS) is 1. The van der Waals surface area contributed by atoms with Gasteiger partial charge >= 0.3 is 5.97 Å². The van der Waals surface area contributed by atoms with Gasteiger partial charge in [0.15, 0.2) is 0 Å². The summed E-state index contributed by atoms with van der Waals surface area (Å²) in [6.07, 6.45) is 12.6. The van der Waals surface area contributed by atoms with Gasteiger partial charge in [0.2, 0.25) is 0 Å². The van der Waals surface area contributed by atoms with Crippen LogP contribution in [0.2, 0.25) is 0 Å². The number of rotatable bonds is 13. The third-order valence-corrected chi connectivity index (χ3v) is 3.17. The second-order valence-electron chi connectivity index (χ2n) is 5.13. The van der Waals surface area contributed by atoms with E-state index in [9.17, 15) is 9.59 Å². The van der Waals surface area contributed by atoms with Crippen molar-refractivity contribution < 1.29 is 14.7 Å². The fraction of sp³-hybridized carbons (Fsp3) is 0.867. The van der Waals surface area contributed by atoms with Crippen LogP contribution in [0.1, 0.15) is 84.0 Å². The van der Waals surface area contributed by atoms with Gasteiger partial charge in [-0.05, 0) is 19.8 Å². The molecule has 0 aromatic heterocycles. The molecule has 0 atom stereocenters. The molecular formula is C15H28O3. The van der Waals surface area contributed by atoms with Gasteiger partial charge in [0.25, 0.3) is 0 Å². The van der Waals surface area contributed by atoms with Gasteiger partial charge in [0, 0.05) is 12.8 Å². The molecule has 0 spiro atoms. The number of hydrogen-bond donors (Lipinski definition) is 1. The third kappa shape index (κ3) is 15.1. The SMILES string of the molecule is CC(=O)CCCCCCCCCCCCC(=O)O. The lowest BCUT2D eigenvalue weighted by Gasteiger charge is -2.02. The van der Waals surface area contributed by atoms with Crippen molar-refractivity contribution in [3.8, 4) is 0 Å². The lowest BCUT2D eigenvalue weighted by Crippen LogP contribution is -1.93. The van der Waals surface area contributed by atoms with E-state index in [2.05, 4.69) is 0 Å². The molecule has 0 saturated carbocycles. The number of carbonyl (C=O) groups is 2. The lowest BCUT2D eigenvalue weighted by atomic mass is 10.0. The molecule has 0 saturated heterocycles. The Morgan fingerprint density at radius 3 is 1.33 bits per heavy atom. The number of carboxylic acids is 1. The highest BCUT2D eigenvalue weighted by molar-refractivity contribution is 5.75. The number of aliphatic carboxylic acids is 1. The smallest absolute Gasteiger partial charge is 0.303 e. The fourth-order valence-corrected chi connectivity index (χ4v) is 2.06. The van der Waals surface area contributed by atoms with Crippen LogP contribution in [0, 0.1) is 0 Å². The molecule has 3 nitrogen and oxygen atoms in total. The van der Waals surface area contributed by atoms with Gasteiger partial charge in [-0.2, -0.15) is 0 Å². The first-order valence-corrected chi connectivity index (χ1v) is 7.34. The second kappa shape index (κ2) is 12.6. The first kappa shape index (κ1) is 17.1. The van der Waals surface area contributed by atoms with Crippen LogP contribution in [0.5, 0.6) is 0 Å². The predicted molar refractivity (Wildman–Crippen MR) is 73.7 cm³/mol. The van der Waals surface area contributed by atoms with Crippen LogP contribution in [0.25, 0.3) is 0 Å². The maximum atomic E-state index is 10.7. The molecule has 0 aromatic carbocycles. The fourth-order valence-electron chi connectivity index (χ4n) is 2.06. The summed E-state index contributed by atoms with van der Waals surface area (Å²) < 4.78 is 0. The Hall–Kier alpha value is -0.860. The molecule has 0 bridgehead atoms. The minimum atomic E-state index is -0.680. The van der Waals surface area contributed by atoms with Gasteiger partial charge in [0.1, 0.15) is 5.78 Å². The Labute approximate surface area is 111 Å². The molecule has 0 aliphatic heterocycles. The zero-order valence-corrected chi connectivity index (χ0v) is 11.7. The first-order valence-electron chi connectivity index (χ1n) is 7.34. The normalized spacial score (nSPS) is 10.5. The van der Waals surface area contributed by atoms with Crippen LogP contribution >= 0.6 is 0 Å². The van der Waals surface area contributed by atoms with Crippen molar-refractivity contribution in [2.45, 2.75) is 84.0 Å². The topological polar surface area (TPSA) is 54.4 Å². The van der Waals surface area contributed by atoms with E-state index in [1.54, 1.807) is 6.92 Å². The Bertz CT molecular complexity index is 200. The quantitative estimate of drug-likeness (QED) is 0.499. The summed E-state index contributed by atoms with van der Waals surface area (Å²) in [6, 6.07) is 0.